The fourth-order valence-corrected chi connectivity index (χ4v) is 3.95. The summed E-state index contributed by atoms with van der Waals surface area (Å²) in [6.45, 7) is 7.76. The van der Waals surface area contributed by atoms with Gasteiger partial charge in [-0.25, -0.2) is 4.79 Å². The topological polar surface area (TPSA) is 89.9 Å². The molecule has 0 fully saturated rings. The van der Waals surface area contributed by atoms with Crippen LogP contribution in [-0.2, 0) is 16.0 Å². The van der Waals surface area contributed by atoms with Gasteiger partial charge in [0.15, 0.2) is 0 Å². The molecule has 3 rings (SSSR count). The van der Waals surface area contributed by atoms with Crippen molar-refractivity contribution >= 4 is 29.2 Å². The van der Waals surface area contributed by atoms with E-state index in [-0.39, 0.29) is 17.4 Å². The van der Waals surface area contributed by atoms with Crippen molar-refractivity contribution in [1.82, 2.24) is 4.90 Å². The van der Waals surface area contributed by atoms with Crippen LogP contribution in [0.3, 0.4) is 0 Å². The molecule has 2 amide bonds. The zero-order valence-electron chi connectivity index (χ0n) is 19.5. The Morgan fingerprint density at radius 1 is 1.09 bits per heavy atom. The van der Waals surface area contributed by atoms with Gasteiger partial charge < -0.3 is 20.2 Å². The largest absolute Gasteiger partial charge is 0.478 e. The van der Waals surface area contributed by atoms with E-state index in [0.29, 0.717) is 24.2 Å². The maximum absolute atomic E-state index is 13.6. The number of carbonyl (C=O) groups excluding carboxylic acids is 2. The van der Waals surface area contributed by atoms with Crippen molar-refractivity contribution in [2.45, 2.75) is 40.2 Å². The molecule has 0 saturated heterocycles. The van der Waals surface area contributed by atoms with Crippen molar-refractivity contribution in [2.24, 2.45) is 5.41 Å². The minimum atomic E-state index is -1.02. The SMILES string of the molecule is Cc1cc(C(=O)O)ccc1NC(=O)C1c2cc(N(C)C)ccc2CCN1C(=O)C(C)(C)C. The van der Waals surface area contributed by atoms with E-state index in [0.717, 1.165) is 16.8 Å². The van der Waals surface area contributed by atoms with Crippen molar-refractivity contribution in [3.63, 3.8) is 0 Å². The quantitative estimate of drug-likeness (QED) is 0.758. The first-order valence-corrected chi connectivity index (χ1v) is 10.7. The van der Waals surface area contributed by atoms with Gasteiger partial charge >= 0.3 is 5.97 Å². The third-order valence-electron chi connectivity index (χ3n) is 5.76. The first-order valence-electron chi connectivity index (χ1n) is 10.7. The van der Waals surface area contributed by atoms with E-state index in [1.165, 1.54) is 12.1 Å². The van der Waals surface area contributed by atoms with Crippen LogP contribution in [0.2, 0.25) is 0 Å². The summed E-state index contributed by atoms with van der Waals surface area (Å²) in [5.74, 6) is -1.42. The molecule has 1 aliphatic heterocycles. The number of aryl methyl sites for hydroxylation is 1. The van der Waals surface area contributed by atoms with Crippen LogP contribution in [0.4, 0.5) is 11.4 Å². The molecular formula is C25H31N3O4. The average Bonchev–Trinajstić information content (AvgIpc) is 2.72. The molecule has 170 valence electrons. The van der Waals surface area contributed by atoms with E-state index in [1.807, 2.05) is 58.0 Å². The number of anilines is 2. The predicted octanol–water partition coefficient (Wildman–Crippen LogP) is 3.87. The van der Waals surface area contributed by atoms with Crippen LogP contribution in [0, 0.1) is 12.3 Å². The number of carbonyl (C=O) groups is 3. The van der Waals surface area contributed by atoms with E-state index in [1.54, 1.807) is 17.9 Å². The minimum absolute atomic E-state index is 0.0866. The lowest BCUT2D eigenvalue weighted by atomic mass is 9.87. The van der Waals surface area contributed by atoms with Crippen LogP contribution in [0.5, 0.6) is 0 Å². The van der Waals surface area contributed by atoms with E-state index in [2.05, 4.69) is 5.32 Å². The molecule has 0 spiro atoms. The van der Waals surface area contributed by atoms with E-state index in [9.17, 15) is 19.5 Å². The molecule has 1 heterocycles. The Morgan fingerprint density at radius 3 is 2.34 bits per heavy atom. The molecule has 32 heavy (non-hydrogen) atoms. The Balaban J connectivity index is 2.04. The van der Waals surface area contributed by atoms with Crippen LogP contribution < -0.4 is 10.2 Å². The molecule has 2 aromatic rings. The third kappa shape index (κ3) is 4.61. The number of benzene rings is 2. The maximum Gasteiger partial charge on any atom is 0.335 e. The summed E-state index contributed by atoms with van der Waals surface area (Å²) in [6.07, 6.45) is 0.682. The van der Waals surface area contributed by atoms with Gasteiger partial charge in [-0.2, -0.15) is 0 Å². The van der Waals surface area contributed by atoms with Crippen molar-refractivity contribution in [1.29, 1.82) is 0 Å². The number of hydrogen-bond donors (Lipinski definition) is 2. The number of nitrogens with one attached hydrogen (secondary N) is 1. The van der Waals surface area contributed by atoms with E-state index in [4.69, 9.17) is 0 Å². The Labute approximate surface area is 189 Å². The number of nitrogens with zero attached hydrogens (tertiary/aromatic N) is 2. The van der Waals surface area contributed by atoms with Crippen LogP contribution in [0.1, 0.15) is 53.9 Å². The number of amides is 2. The zero-order valence-corrected chi connectivity index (χ0v) is 19.5. The summed E-state index contributed by atoms with van der Waals surface area (Å²) in [5, 5.41) is 12.1. The highest BCUT2D eigenvalue weighted by Gasteiger charge is 2.40. The minimum Gasteiger partial charge on any atom is -0.478 e. The van der Waals surface area contributed by atoms with Gasteiger partial charge in [-0.1, -0.05) is 26.8 Å². The fraction of sp³-hybridized carbons (Fsp3) is 0.400. The second kappa shape index (κ2) is 8.65. The van der Waals surface area contributed by atoms with Crippen LogP contribution >= 0.6 is 0 Å². The zero-order chi connectivity index (χ0) is 23.8. The first kappa shape index (κ1) is 23.3. The molecule has 0 aliphatic carbocycles. The molecule has 0 radical (unpaired) electrons. The highest BCUT2D eigenvalue weighted by atomic mass is 16.4. The Kier molecular flexibility index (Phi) is 6.30. The van der Waals surface area contributed by atoms with Gasteiger partial charge in [0.05, 0.1) is 5.56 Å². The van der Waals surface area contributed by atoms with Gasteiger partial charge in [0.1, 0.15) is 6.04 Å². The van der Waals surface area contributed by atoms with Gasteiger partial charge in [0.25, 0.3) is 5.91 Å². The smallest absolute Gasteiger partial charge is 0.335 e. The van der Waals surface area contributed by atoms with E-state index < -0.39 is 17.4 Å². The highest BCUT2D eigenvalue weighted by molar-refractivity contribution is 6.00. The second-order valence-corrected chi connectivity index (χ2v) is 9.50. The lowest BCUT2D eigenvalue weighted by Crippen LogP contribution is -2.49. The Hall–Kier alpha value is -3.35. The first-order chi connectivity index (χ1) is 14.9. The van der Waals surface area contributed by atoms with Crippen molar-refractivity contribution in [3.05, 3.63) is 58.7 Å². The number of hydrogen-bond acceptors (Lipinski definition) is 4. The summed E-state index contributed by atoms with van der Waals surface area (Å²) < 4.78 is 0. The molecule has 1 aliphatic rings. The summed E-state index contributed by atoms with van der Waals surface area (Å²) in [5.41, 5.74) is 3.51. The van der Waals surface area contributed by atoms with Gasteiger partial charge in [0, 0.05) is 37.4 Å². The van der Waals surface area contributed by atoms with Crippen molar-refractivity contribution < 1.29 is 19.5 Å². The summed E-state index contributed by atoms with van der Waals surface area (Å²) >= 11 is 0. The van der Waals surface area contributed by atoms with Gasteiger partial charge in [-0.3, -0.25) is 9.59 Å². The lowest BCUT2D eigenvalue weighted by Gasteiger charge is -2.40. The Bertz CT molecular complexity index is 1070. The number of carboxylic acids is 1. The van der Waals surface area contributed by atoms with Crippen LogP contribution in [0.25, 0.3) is 0 Å². The second-order valence-electron chi connectivity index (χ2n) is 9.50. The standard InChI is InChI=1S/C25H31N3O4/c1-15-13-17(23(30)31)8-10-20(15)26-22(29)21-19-14-18(27(5)6)9-7-16(19)11-12-28(21)24(32)25(2,3)4/h7-10,13-14,21H,11-12H2,1-6H3,(H,26,29)(H,30,31). The van der Waals surface area contributed by atoms with Crippen molar-refractivity contribution in [3.8, 4) is 0 Å². The van der Waals surface area contributed by atoms with Crippen LogP contribution in [-0.4, -0.2) is 48.4 Å². The highest BCUT2D eigenvalue weighted by Crippen LogP contribution is 2.36. The number of carboxylic acid groups (broad SMARTS) is 1. The normalized spacial score (nSPS) is 15.7. The number of rotatable bonds is 4. The van der Waals surface area contributed by atoms with Gasteiger partial charge in [0.2, 0.25) is 5.91 Å². The lowest BCUT2D eigenvalue weighted by molar-refractivity contribution is -0.146. The van der Waals surface area contributed by atoms with Crippen molar-refractivity contribution in [2.75, 3.05) is 30.9 Å². The molecule has 0 saturated carbocycles. The molecular weight excluding hydrogens is 406 g/mol. The molecule has 2 aromatic carbocycles. The maximum atomic E-state index is 13.6. The predicted molar refractivity (Wildman–Crippen MR) is 125 cm³/mol. The Morgan fingerprint density at radius 2 is 1.78 bits per heavy atom. The number of fused-ring (bicyclic) bond motifs is 1. The van der Waals surface area contributed by atoms with E-state index >= 15 is 0 Å². The number of aromatic carboxylic acids is 1. The average molecular weight is 438 g/mol. The third-order valence-corrected chi connectivity index (χ3v) is 5.76. The molecule has 7 heteroatoms. The molecule has 1 unspecified atom stereocenters. The van der Waals surface area contributed by atoms with Gasteiger partial charge in [-0.05, 0) is 60.4 Å². The summed E-state index contributed by atoms with van der Waals surface area (Å²) in [6, 6.07) is 9.82. The summed E-state index contributed by atoms with van der Waals surface area (Å²) in [4.78, 5) is 41.7. The monoisotopic (exact) mass is 437 g/mol. The molecule has 1 atom stereocenters. The summed E-state index contributed by atoms with van der Waals surface area (Å²) in [7, 11) is 3.87. The molecule has 2 N–H and O–H groups in total. The molecule has 0 aromatic heterocycles. The molecule has 0 bridgehead atoms. The van der Waals surface area contributed by atoms with Crippen LogP contribution in [0.15, 0.2) is 36.4 Å². The van der Waals surface area contributed by atoms with Gasteiger partial charge in [-0.15, -0.1) is 0 Å². The molecule has 7 nitrogen and oxygen atoms in total. The fourth-order valence-electron chi connectivity index (χ4n) is 3.95.